The molecule has 4 heteroatoms. The van der Waals surface area contributed by atoms with E-state index >= 15 is 0 Å². The van der Waals surface area contributed by atoms with Gasteiger partial charge in [-0.3, -0.25) is 0 Å². The van der Waals surface area contributed by atoms with Crippen LogP contribution in [-0.4, -0.2) is 6.34 Å². The number of aryl methyl sites for hydroxylation is 1. The lowest BCUT2D eigenvalue weighted by Gasteiger charge is -2.23. The number of benzene rings is 2. The average Bonchev–Trinajstić information content (AvgIpc) is 2.82. The van der Waals surface area contributed by atoms with Gasteiger partial charge in [0.2, 0.25) is 0 Å². The smallest absolute Gasteiger partial charge is 0.125 e. The molecule has 2 aromatic carbocycles. The minimum atomic E-state index is -0.251. The predicted molar refractivity (Wildman–Crippen MR) is 86.1 cm³/mol. The molecule has 3 aromatic rings. The summed E-state index contributed by atoms with van der Waals surface area (Å²) in [6.45, 7) is 2.14. The molecule has 0 saturated heterocycles. The number of aliphatic imine (C=N–C) groups is 1. The minimum Gasteiger partial charge on any atom is -0.365 e. The topological polar surface area (TPSA) is 24.4 Å². The number of fused-ring (bicyclic) bond motifs is 2. The molecular weight excluding hydrogens is 283 g/mol. The first-order chi connectivity index (χ1) is 10.2. The van der Waals surface area contributed by atoms with Crippen LogP contribution in [0.3, 0.4) is 0 Å². The van der Waals surface area contributed by atoms with Crippen molar-refractivity contribution < 1.29 is 4.39 Å². The van der Waals surface area contributed by atoms with Crippen LogP contribution in [0.5, 0.6) is 0 Å². The van der Waals surface area contributed by atoms with E-state index in [1.165, 1.54) is 32.7 Å². The van der Waals surface area contributed by atoms with Gasteiger partial charge in [-0.2, -0.15) is 0 Å². The SMILES string of the molecule is Cc1sc2ccccc2c1C1NC=Nc2cc(F)ccc21. The fraction of sp³-hybridized carbons (Fsp3) is 0.118. The molecule has 104 valence electrons. The van der Waals surface area contributed by atoms with E-state index < -0.39 is 0 Å². The number of rotatable bonds is 1. The summed E-state index contributed by atoms with van der Waals surface area (Å²) in [5.41, 5.74) is 2.98. The van der Waals surface area contributed by atoms with Crippen LogP contribution in [0.2, 0.25) is 0 Å². The Morgan fingerprint density at radius 3 is 2.95 bits per heavy atom. The van der Waals surface area contributed by atoms with Crippen molar-refractivity contribution in [1.29, 1.82) is 0 Å². The summed E-state index contributed by atoms with van der Waals surface area (Å²) in [6, 6.07) is 13.2. The molecule has 0 amide bonds. The van der Waals surface area contributed by atoms with Gasteiger partial charge in [-0.15, -0.1) is 11.3 Å². The number of halogens is 1. The molecule has 1 unspecified atom stereocenters. The van der Waals surface area contributed by atoms with Crippen molar-refractivity contribution in [3.8, 4) is 0 Å². The molecule has 1 aromatic heterocycles. The van der Waals surface area contributed by atoms with Gasteiger partial charge in [-0.05, 0) is 30.5 Å². The van der Waals surface area contributed by atoms with Crippen LogP contribution >= 0.6 is 11.3 Å². The van der Waals surface area contributed by atoms with E-state index in [0.29, 0.717) is 5.69 Å². The molecule has 0 bridgehead atoms. The van der Waals surface area contributed by atoms with Crippen molar-refractivity contribution >= 4 is 33.4 Å². The van der Waals surface area contributed by atoms with Gasteiger partial charge in [-0.1, -0.05) is 24.3 Å². The Morgan fingerprint density at radius 1 is 1.19 bits per heavy atom. The molecule has 1 aliphatic rings. The summed E-state index contributed by atoms with van der Waals surface area (Å²) >= 11 is 1.79. The molecule has 2 nitrogen and oxygen atoms in total. The van der Waals surface area contributed by atoms with Crippen molar-refractivity contribution in [2.75, 3.05) is 0 Å². The van der Waals surface area contributed by atoms with E-state index in [9.17, 15) is 4.39 Å². The third kappa shape index (κ3) is 1.94. The summed E-state index contributed by atoms with van der Waals surface area (Å²) in [4.78, 5) is 5.53. The lowest BCUT2D eigenvalue weighted by molar-refractivity contribution is 0.625. The van der Waals surface area contributed by atoms with Crippen LogP contribution in [0.25, 0.3) is 10.1 Å². The number of hydrogen-bond donors (Lipinski definition) is 1. The zero-order chi connectivity index (χ0) is 14.4. The van der Waals surface area contributed by atoms with E-state index in [1.807, 2.05) is 6.07 Å². The Hall–Kier alpha value is -2.20. The highest BCUT2D eigenvalue weighted by Gasteiger charge is 2.24. The van der Waals surface area contributed by atoms with Crippen LogP contribution in [0.15, 0.2) is 47.5 Å². The summed E-state index contributed by atoms with van der Waals surface area (Å²) in [5.74, 6) is -0.251. The largest absolute Gasteiger partial charge is 0.365 e. The second-order valence-electron chi connectivity index (χ2n) is 5.13. The van der Waals surface area contributed by atoms with Crippen LogP contribution in [0, 0.1) is 12.7 Å². The molecule has 0 spiro atoms. The lowest BCUT2D eigenvalue weighted by Crippen LogP contribution is -2.24. The number of nitrogens with one attached hydrogen (secondary N) is 1. The molecule has 1 N–H and O–H groups in total. The first-order valence-corrected chi connectivity index (χ1v) is 7.62. The minimum absolute atomic E-state index is 0.0225. The van der Waals surface area contributed by atoms with Crippen molar-refractivity contribution in [3.05, 3.63) is 64.3 Å². The van der Waals surface area contributed by atoms with E-state index in [4.69, 9.17) is 0 Å². The van der Waals surface area contributed by atoms with Crippen LogP contribution in [0.1, 0.15) is 22.0 Å². The average molecular weight is 296 g/mol. The fourth-order valence-corrected chi connectivity index (χ4v) is 4.03. The first kappa shape index (κ1) is 12.5. The zero-order valence-corrected chi connectivity index (χ0v) is 12.2. The lowest BCUT2D eigenvalue weighted by atomic mass is 9.94. The molecule has 1 aliphatic heterocycles. The Morgan fingerprint density at radius 2 is 2.05 bits per heavy atom. The van der Waals surface area contributed by atoms with Crippen LogP contribution in [0.4, 0.5) is 10.1 Å². The van der Waals surface area contributed by atoms with Gasteiger partial charge in [0.25, 0.3) is 0 Å². The predicted octanol–water partition coefficient (Wildman–Crippen LogP) is 4.70. The Labute approximate surface area is 126 Å². The van der Waals surface area contributed by atoms with Crippen molar-refractivity contribution in [1.82, 2.24) is 5.32 Å². The summed E-state index contributed by atoms with van der Waals surface area (Å²) < 4.78 is 14.7. The standard InChI is InChI=1S/C17H13FN2S/c1-10-16(13-4-2-3-5-15(13)21-10)17-12-7-6-11(18)8-14(12)19-9-20-17/h2-9,17H,1H3,(H,19,20). The van der Waals surface area contributed by atoms with Gasteiger partial charge >= 0.3 is 0 Å². The van der Waals surface area contributed by atoms with E-state index in [-0.39, 0.29) is 11.9 Å². The molecule has 0 saturated carbocycles. The van der Waals surface area contributed by atoms with Crippen molar-refractivity contribution in [2.24, 2.45) is 4.99 Å². The molecule has 21 heavy (non-hydrogen) atoms. The van der Waals surface area contributed by atoms with Crippen LogP contribution in [-0.2, 0) is 0 Å². The summed E-state index contributed by atoms with van der Waals surface area (Å²) in [6.07, 6.45) is 1.66. The third-order valence-electron chi connectivity index (χ3n) is 3.86. The maximum Gasteiger partial charge on any atom is 0.125 e. The third-order valence-corrected chi connectivity index (χ3v) is 4.96. The van der Waals surface area contributed by atoms with E-state index in [1.54, 1.807) is 17.7 Å². The zero-order valence-electron chi connectivity index (χ0n) is 11.4. The molecule has 0 fully saturated rings. The summed E-state index contributed by atoms with van der Waals surface area (Å²) in [5, 5.41) is 4.58. The molecule has 0 aliphatic carbocycles. The molecule has 4 rings (SSSR count). The van der Waals surface area contributed by atoms with Gasteiger partial charge in [0.05, 0.1) is 18.1 Å². The quantitative estimate of drug-likeness (QED) is 0.691. The second-order valence-corrected chi connectivity index (χ2v) is 6.39. The molecule has 1 atom stereocenters. The van der Waals surface area contributed by atoms with Crippen molar-refractivity contribution in [3.63, 3.8) is 0 Å². The first-order valence-electron chi connectivity index (χ1n) is 6.80. The second kappa shape index (κ2) is 4.67. The molecular formula is C17H13FN2S. The summed E-state index contributed by atoms with van der Waals surface area (Å²) in [7, 11) is 0. The van der Waals surface area contributed by atoms with Gasteiger partial charge in [0.1, 0.15) is 5.82 Å². The Kier molecular flexibility index (Phi) is 2.79. The van der Waals surface area contributed by atoms with Gasteiger partial charge in [-0.25, -0.2) is 9.38 Å². The van der Waals surface area contributed by atoms with E-state index in [2.05, 4.69) is 41.5 Å². The van der Waals surface area contributed by atoms with Crippen molar-refractivity contribution in [2.45, 2.75) is 13.0 Å². The van der Waals surface area contributed by atoms with Gasteiger partial charge < -0.3 is 5.32 Å². The highest BCUT2D eigenvalue weighted by molar-refractivity contribution is 7.19. The Bertz CT molecular complexity index is 866. The maximum absolute atomic E-state index is 13.4. The van der Waals surface area contributed by atoms with Crippen LogP contribution < -0.4 is 5.32 Å². The van der Waals surface area contributed by atoms with Gasteiger partial charge in [0.15, 0.2) is 0 Å². The maximum atomic E-state index is 13.4. The highest BCUT2D eigenvalue weighted by atomic mass is 32.1. The molecule has 0 radical (unpaired) electrons. The highest BCUT2D eigenvalue weighted by Crippen LogP contribution is 2.40. The molecule has 2 heterocycles. The fourth-order valence-electron chi connectivity index (χ4n) is 2.93. The monoisotopic (exact) mass is 296 g/mol. The Balaban J connectivity index is 1.95. The number of hydrogen-bond acceptors (Lipinski definition) is 3. The number of nitrogens with zero attached hydrogens (tertiary/aromatic N) is 1. The van der Waals surface area contributed by atoms with E-state index in [0.717, 1.165) is 5.56 Å². The van der Waals surface area contributed by atoms with Gasteiger partial charge in [0, 0.05) is 20.7 Å². The normalized spacial score (nSPS) is 16.8. The number of thiophene rings is 1.